The first-order valence-electron chi connectivity index (χ1n) is 7.55. The molecule has 2 aromatic carbocycles. The SMILES string of the molecule is Cc1ccc(NC(=S)N[C@@H](c2ccccc2)c2ccco2)cc1Cl. The van der Waals surface area contributed by atoms with Gasteiger partial charge in [-0.05, 0) is 54.5 Å². The van der Waals surface area contributed by atoms with Gasteiger partial charge < -0.3 is 15.1 Å². The molecule has 3 nitrogen and oxygen atoms in total. The maximum atomic E-state index is 6.16. The molecule has 0 bridgehead atoms. The van der Waals surface area contributed by atoms with E-state index in [2.05, 4.69) is 10.6 Å². The summed E-state index contributed by atoms with van der Waals surface area (Å²) in [6, 6.07) is 19.4. The van der Waals surface area contributed by atoms with E-state index in [4.69, 9.17) is 28.2 Å². The van der Waals surface area contributed by atoms with E-state index < -0.39 is 0 Å². The van der Waals surface area contributed by atoms with E-state index in [1.54, 1.807) is 6.26 Å². The van der Waals surface area contributed by atoms with Crippen molar-refractivity contribution < 1.29 is 4.42 Å². The smallest absolute Gasteiger partial charge is 0.171 e. The molecule has 122 valence electrons. The molecule has 0 aliphatic heterocycles. The van der Waals surface area contributed by atoms with Gasteiger partial charge in [-0.3, -0.25) is 0 Å². The van der Waals surface area contributed by atoms with E-state index in [1.165, 1.54) is 0 Å². The molecule has 1 aromatic heterocycles. The lowest BCUT2D eigenvalue weighted by Crippen LogP contribution is -2.32. The number of thiocarbonyl (C=S) groups is 1. The van der Waals surface area contributed by atoms with Crippen molar-refractivity contribution in [2.24, 2.45) is 0 Å². The van der Waals surface area contributed by atoms with Gasteiger partial charge >= 0.3 is 0 Å². The fraction of sp³-hybridized carbons (Fsp3) is 0.105. The second kappa shape index (κ2) is 7.51. The number of hydrogen-bond donors (Lipinski definition) is 2. The Morgan fingerprint density at radius 2 is 1.88 bits per heavy atom. The predicted octanol–water partition coefficient (Wildman–Crippen LogP) is 5.32. The highest BCUT2D eigenvalue weighted by molar-refractivity contribution is 7.80. The standard InChI is InChI=1S/C19H17ClN2OS/c1-13-9-10-15(12-16(13)20)21-19(24)22-18(17-8-5-11-23-17)14-6-3-2-4-7-14/h2-12,18H,1H3,(H2,21,22,24)/t18-/m0/s1. The van der Waals surface area contributed by atoms with E-state index in [0.29, 0.717) is 10.1 Å². The molecule has 24 heavy (non-hydrogen) atoms. The average Bonchev–Trinajstić information content (AvgIpc) is 3.11. The molecule has 2 N–H and O–H groups in total. The molecule has 0 radical (unpaired) electrons. The molecule has 1 atom stereocenters. The van der Waals surface area contributed by atoms with Crippen LogP contribution in [0, 0.1) is 6.92 Å². The van der Waals surface area contributed by atoms with Crippen LogP contribution in [0.3, 0.4) is 0 Å². The summed E-state index contributed by atoms with van der Waals surface area (Å²) in [5.41, 5.74) is 2.94. The van der Waals surface area contributed by atoms with Crippen molar-refractivity contribution in [2.75, 3.05) is 5.32 Å². The largest absolute Gasteiger partial charge is 0.467 e. The van der Waals surface area contributed by atoms with Crippen molar-refractivity contribution in [2.45, 2.75) is 13.0 Å². The van der Waals surface area contributed by atoms with E-state index in [1.807, 2.05) is 67.6 Å². The molecule has 0 spiro atoms. The Labute approximate surface area is 151 Å². The normalized spacial score (nSPS) is 11.8. The van der Waals surface area contributed by atoms with E-state index in [0.717, 1.165) is 22.6 Å². The summed E-state index contributed by atoms with van der Waals surface area (Å²) in [5.74, 6) is 0.798. The van der Waals surface area contributed by atoms with Gasteiger partial charge in [0.15, 0.2) is 5.11 Å². The summed E-state index contributed by atoms with van der Waals surface area (Å²) >= 11 is 11.6. The zero-order chi connectivity index (χ0) is 16.9. The number of rotatable bonds is 4. The van der Waals surface area contributed by atoms with Crippen LogP contribution in [-0.2, 0) is 0 Å². The fourth-order valence-electron chi connectivity index (χ4n) is 2.39. The average molecular weight is 357 g/mol. The lowest BCUT2D eigenvalue weighted by Gasteiger charge is -2.20. The molecule has 0 aliphatic rings. The first-order chi connectivity index (χ1) is 11.6. The lowest BCUT2D eigenvalue weighted by atomic mass is 10.1. The van der Waals surface area contributed by atoms with Gasteiger partial charge in [-0.2, -0.15) is 0 Å². The quantitative estimate of drug-likeness (QED) is 0.620. The Morgan fingerprint density at radius 1 is 1.08 bits per heavy atom. The van der Waals surface area contributed by atoms with Crippen molar-refractivity contribution in [1.82, 2.24) is 5.32 Å². The van der Waals surface area contributed by atoms with Gasteiger partial charge in [-0.15, -0.1) is 0 Å². The second-order valence-electron chi connectivity index (χ2n) is 5.42. The van der Waals surface area contributed by atoms with Crippen molar-refractivity contribution in [3.63, 3.8) is 0 Å². The van der Waals surface area contributed by atoms with Crippen molar-refractivity contribution in [1.29, 1.82) is 0 Å². The number of anilines is 1. The summed E-state index contributed by atoms with van der Waals surface area (Å²) in [6.45, 7) is 1.96. The summed E-state index contributed by atoms with van der Waals surface area (Å²) in [6.07, 6.45) is 1.66. The molecule has 1 heterocycles. The van der Waals surface area contributed by atoms with Crippen LogP contribution in [-0.4, -0.2) is 5.11 Å². The molecule has 0 saturated carbocycles. The molecule has 0 amide bonds. The molecule has 3 rings (SSSR count). The lowest BCUT2D eigenvalue weighted by molar-refractivity contribution is 0.476. The van der Waals surface area contributed by atoms with E-state index in [-0.39, 0.29) is 6.04 Å². The van der Waals surface area contributed by atoms with Crippen LogP contribution in [0.1, 0.15) is 22.9 Å². The fourth-order valence-corrected chi connectivity index (χ4v) is 2.80. The summed E-state index contributed by atoms with van der Waals surface area (Å²) in [5, 5.41) is 7.67. The zero-order valence-electron chi connectivity index (χ0n) is 13.1. The third-order valence-electron chi connectivity index (χ3n) is 3.67. The Morgan fingerprint density at radius 3 is 2.54 bits per heavy atom. The Balaban J connectivity index is 1.77. The Hall–Kier alpha value is -2.30. The molecule has 0 aliphatic carbocycles. The number of aryl methyl sites for hydroxylation is 1. The minimum atomic E-state index is -0.165. The molecule has 0 unspecified atom stereocenters. The Kier molecular flexibility index (Phi) is 5.18. The number of hydrogen-bond acceptors (Lipinski definition) is 2. The van der Waals surface area contributed by atoms with Crippen LogP contribution in [0.4, 0.5) is 5.69 Å². The number of benzene rings is 2. The van der Waals surface area contributed by atoms with Crippen LogP contribution < -0.4 is 10.6 Å². The van der Waals surface area contributed by atoms with Gasteiger partial charge in [0, 0.05) is 10.7 Å². The van der Waals surface area contributed by atoms with Gasteiger partial charge in [0.25, 0.3) is 0 Å². The molecular formula is C19H17ClN2OS. The predicted molar refractivity (Wildman–Crippen MR) is 103 cm³/mol. The van der Waals surface area contributed by atoms with Crippen molar-refractivity contribution in [3.8, 4) is 0 Å². The maximum absolute atomic E-state index is 6.16. The molecular weight excluding hydrogens is 340 g/mol. The van der Waals surface area contributed by atoms with Crippen LogP contribution in [0.15, 0.2) is 71.3 Å². The van der Waals surface area contributed by atoms with E-state index in [9.17, 15) is 0 Å². The van der Waals surface area contributed by atoms with E-state index >= 15 is 0 Å². The molecule has 3 aromatic rings. The topological polar surface area (TPSA) is 37.2 Å². The zero-order valence-corrected chi connectivity index (χ0v) is 14.7. The second-order valence-corrected chi connectivity index (χ2v) is 6.24. The number of halogens is 1. The molecule has 0 saturated heterocycles. The van der Waals surface area contributed by atoms with Gasteiger partial charge in [0.05, 0.1) is 6.26 Å². The molecule has 5 heteroatoms. The van der Waals surface area contributed by atoms with Gasteiger partial charge in [-0.25, -0.2) is 0 Å². The third kappa shape index (κ3) is 3.96. The van der Waals surface area contributed by atoms with Crippen molar-refractivity contribution in [3.05, 3.63) is 88.8 Å². The molecule has 0 fully saturated rings. The van der Waals surface area contributed by atoms with Crippen LogP contribution in [0.5, 0.6) is 0 Å². The van der Waals surface area contributed by atoms with Gasteiger partial charge in [-0.1, -0.05) is 48.0 Å². The van der Waals surface area contributed by atoms with Crippen LogP contribution in [0.2, 0.25) is 5.02 Å². The minimum Gasteiger partial charge on any atom is -0.467 e. The monoisotopic (exact) mass is 356 g/mol. The van der Waals surface area contributed by atoms with Crippen LogP contribution >= 0.6 is 23.8 Å². The first kappa shape index (κ1) is 16.6. The highest BCUT2D eigenvalue weighted by Gasteiger charge is 2.17. The first-order valence-corrected chi connectivity index (χ1v) is 8.34. The number of furan rings is 1. The number of nitrogens with one attached hydrogen (secondary N) is 2. The summed E-state index contributed by atoms with van der Waals surface area (Å²) in [4.78, 5) is 0. The van der Waals surface area contributed by atoms with Crippen LogP contribution in [0.25, 0.3) is 0 Å². The van der Waals surface area contributed by atoms with Gasteiger partial charge in [0.2, 0.25) is 0 Å². The summed E-state index contributed by atoms with van der Waals surface area (Å²) < 4.78 is 5.56. The highest BCUT2D eigenvalue weighted by atomic mass is 35.5. The maximum Gasteiger partial charge on any atom is 0.171 e. The summed E-state index contributed by atoms with van der Waals surface area (Å²) in [7, 11) is 0. The third-order valence-corrected chi connectivity index (χ3v) is 4.29. The van der Waals surface area contributed by atoms with Gasteiger partial charge in [0.1, 0.15) is 11.8 Å². The highest BCUT2D eigenvalue weighted by Crippen LogP contribution is 2.23. The Bertz CT molecular complexity index is 819. The minimum absolute atomic E-state index is 0.165. The van der Waals surface area contributed by atoms with Crippen molar-refractivity contribution >= 4 is 34.6 Å².